The number of carbonyl (C=O) groups excluding carboxylic acids is 1. The Balaban J connectivity index is 3.58. The normalized spacial score (nSPS) is 12.8. The van der Waals surface area contributed by atoms with Crippen molar-refractivity contribution in [2.75, 3.05) is 54.1 Å². The molecule has 6 nitrogen and oxygen atoms in total. The molecule has 1 unspecified atom stereocenters. The second-order valence-electron chi connectivity index (χ2n) is 4.00. The van der Waals surface area contributed by atoms with Crippen LogP contribution in [-0.4, -0.2) is 76.1 Å². The summed E-state index contributed by atoms with van der Waals surface area (Å²) in [7, 11) is 4.95. The molecule has 0 radical (unpaired) electrons. The van der Waals surface area contributed by atoms with E-state index >= 15 is 0 Å². The number of rotatable bonds is 10. The van der Waals surface area contributed by atoms with Crippen molar-refractivity contribution >= 4 is 5.91 Å². The highest BCUT2D eigenvalue weighted by atomic mass is 16.5. The summed E-state index contributed by atoms with van der Waals surface area (Å²) in [6.45, 7) is 2.22. The Morgan fingerprint density at radius 3 is 2.71 bits per heavy atom. The Bertz CT molecular complexity index is 202. The first-order valence-corrected chi connectivity index (χ1v) is 5.71. The Morgan fingerprint density at radius 1 is 1.41 bits per heavy atom. The lowest BCUT2D eigenvalue weighted by molar-refractivity contribution is -0.122. The SMILES string of the molecule is COCCCNC(=O)CN(C)CC(O)COC. The quantitative estimate of drug-likeness (QED) is 0.489. The second kappa shape index (κ2) is 10.5. The minimum atomic E-state index is -0.564. The third-order valence-corrected chi connectivity index (χ3v) is 2.14. The standard InChI is InChI=1S/C11H24N2O4/c1-13(7-10(14)9-17-3)8-11(15)12-5-4-6-16-2/h10,14H,4-9H2,1-3H3,(H,12,15). The monoisotopic (exact) mass is 248 g/mol. The Kier molecular flexibility index (Phi) is 10.0. The van der Waals surface area contributed by atoms with Gasteiger partial charge in [-0.3, -0.25) is 9.69 Å². The van der Waals surface area contributed by atoms with Crippen molar-refractivity contribution < 1.29 is 19.4 Å². The number of hydrogen-bond acceptors (Lipinski definition) is 5. The number of methoxy groups -OCH3 is 2. The molecule has 0 saturated carbocycles. The number of ether oxygens (including phenoxy) is 2. The molecule has 0 heterocycles. The van der Waals surface area contributed by atoms with Crippen LogP contribution < -0.4 is 5.32 Å². The zero-order valence-electron chi connectivity index (χ0n) is 10.9. The zero-order valence-corrected chi connectivity index (χ0v) is 10.9. The summed E-state index contributed by atoms with van der Waals surface area (Å²) >= 11 is 0. The van der Waals surface area contributed by atoms with E-state index in [1.165, 1.54) is 7.11 Å². The summed E-state index contributed by atoms with van der Waals surface area (Å²) in [5.41, 5.74) is 0. The minimum absolute atomic E-state index is 0.0479. The van der Waals surface area contributed by atoms with Gasteiger partial charge >= 0.3 is 0 Å². The van der Waals surface area contributed by atoms with E-state index in [0.717, 1.165) is 6.42 Å². The summed E-state index contributed by atoms with van der Waals surface area (Å²) in [4.78, 5) is 13.2. The van der Waals surface area contributed by atoms with E-state index in [-0.39, 0.29) is 19.1 Å². The molecule has 0 bridgehead atoms. The number of carbonyl (C=O) groups is 1. The predicted molar refractivity (Wildman–Crippen MR) is 64.9 cm³/mol. The van der Waals surface area contributed by atoms with E-state index in [4.69, 9.17) is 9.47 Å². The number of likely N-dealkylation sites (N-methyl/N-ethyl adjacent to an activating group) is 1. The van der Waals surface area contributed by atoms with Gasteiger partial charge in [0.1, 0.15) is 0 Å². The number of aliphatic hydroxyl groups is 1. The lowest BCUT2D eigenvalue weighted by Gasteiger charge is -2.19. The van der Waals surface area contributed by atoms with Crippen LogP contribution in [0.15, 0.2) is 0 Å². The maximum Gasteiger partial charge on any atom is 0.234 e. The molecule has 0 aromatic heterocycles. The van der Waals surface area contributed by atoms with Crippen LogP contribution in [0.3, 0.4) is 0 Å². The molecule has 1 atom stereocenters. The van der Waals surface area contributed by atoms with Gasteiger partial charge in [-0.05, 0) is 13.5 Å². The van der Waals surface area contributed by atoms with Crippen LogP contribution in [0.2, 0.25) is 0 Å². The zero-order chi connectivity index (χ0) is 13.1. The average molecular weight is 248 g/mol. The van der Waals surface area contributed by atoms with Crippen molar-refractivity contribution in [1.82, 2.24) is 10.2 Å². The molecule has 0 aromatic rings. The van der Waals surface area contributed by atoms with Gasteiger partial charge in [-0.25, -0.2) is 0 Å². The fraction of sp³-hybridized carbons (Fsp3) is 0.909. The summed E-state index contributed by atoms with van der Waals surface area (Å²) in [6.07, 6.45) is 0.240. The first-order chi connectivity index (χ1) is 8.10. The molecule has 0 fully saturated rings. The van der Waals surface area contributed by atoms with E-state index in [1.54, 1.807) is 19.1 Å². The van der Waals surface area contributed by atoms with Gasteiger partial charge in [-0.2, -0.15) is 0 Å². The first kappa shape index (κ1) is 16.3. The molecule has 0 rings (SSSR count). The number of nitrogens with zero attached hydrogens (tertiary/aromatic N) is 1. The van der Waals surface area contributed by atoms with Gasteiger partial charge in [-0.15, -0.1) is 0 Å². The van der Waals surface area contributed by atoms with Crippen LogP contribution in [-0.2, 0) is 14.3 Å². The molecule has 102 valence electrons. The van der Waals surface area contributed by atoms with Crippen molar-refractivity contribution in [2.24, 2.45) is 0 Å². The summed E-state index contributed by atoms with van der Waals surface area (Å²) < 4.78 is 9.69. The third-order valence-electron chi connectivity index (χ3n) is 2.14. The predicted octanol–water partition coefficient (Wildman–Crippen LogP) is -0.922. The summed E-state index contributed by atoms with van der Waals surface area (Å²) in [6, 6.07) is 0. The van der Waals surface area contributed by atoms with Gasteiger partial charge in [-0.1, -0.05) is 0 Å². The largest absolute Gasteiger partial charge is 0.389 e. The fourth-order valence-electron chi connectivity index (χ4n) is 1.41. The fourth-order valence-corrected chi connectivity index (χ4v) is 1.41. The smallest absolute Gasteiger partial charge is 0.234 e. The first-order valence-electron chi connectivity index (χ1n) is 5.71. The van der Waals surface area contributed by atoms with Crippen LogP contribution in [0, 0.1) is 0 Å². The molecule has 0 spiro atoms. The highest BCUT2D eigenvalue weighted by molar-refractivity contribution is 5.77. The minimum Gasteiger partial charge on any atom is -0.389 e. The van der Waals surface area contributed by atoms with Crippen LogP contribution in [0.4, 0.5) is 0 Å². The Morgan fingerprint density at radius 2 is 2.12 bits per heavy atom. The van der Waals surface area contributed by atoms with Crippen LogP contribution >= 0.6 is 0 Å². The van der Waals surface area contributed by atoms with Gasteiger partial charge in [0.05, 0.1) is 19.3 Å². The third kappa shape index (κ3) is 10.2. The van der Waals surface area contributed by atoms with Gasteiger partial charge in [0, 0.05) is 33.9 Å². The van der Waals surface area contributed by atoms with Gasteiger partial charge < -0.3 is 19.9 Å². The summed E-state index contributed by atoms with van der Waals surface area (Å²) in [5.74, 6) is -0.0479. The van der Waals surface area contributed by atoms with Crippen molar-refractivity contribution in [3.63, 3.8) is 0 Å². The molecule has 0 aliphatic heterocycles. The molecule has 2 N–H and O–H groups in total. The lowest BCUT2D eigenvalue weighted by Crippen LogP contribution is -2.40. The van der Waals surface area contributed by atoms with E-state index in [2.05, 4.69) is 5.32 Å². The molecule has 1 amide bonds. The average Bonchev–Trinajstić information content (AvgIpc) is 2.24. The van der Waals surface area contributed by atoms with Crippen LogP contribution in [0.25, 0.3) is 0 Å². The highest BCUT2D eigenvalue weighted by Gasteiger charge is 2.10. The van der Waals surface area contributed by atoms with Crippen molar-refractivity contribution in [1.29, 1.82) is 0 Å². The molecule has 0 aromatic carbocycles. The molecule has 0 aliphatic carbocycles. The van der Waals surface area contributed by atoms with Crippen molar-refractivity contribution in [3.05, 3.63) is 0 Å². The van der Waals surface area contributed by atoms with Gasteiger partial charge in [0.2, 0.25) is 5.91 Å². The Hall–Kier alpha value is -0.690. The number of amides is 1. The van der Waals surface area contributed by atoms with Gasteiger partial charge in [0.15, 0.2) is 0 Å². The maximum absolute atomic E-state index is 11.4. The van der Waals surface area contributed by atoms with E-state index < -0.39 is 6.10 Å². The molecule has 0 saturated heterocycles. The molecule has 17 heavy (non-hydrogen) atoms. The second-order valence-corrected chi connectivity index (χ2v) is 4.00. The Labute approximate surface area is 103 Å². The van der Waals surface area contributed by atoms with Gasteiger partial charge in [0.25, 0.3) is 0 Å². The van der Waals surface area contributed by atoms with E-state index in [1.807, 2.05) is 0 Å². The van der Waals surface area contributed by atoms with Crippen molar-refractivity contribution in [2.45, 2.75) is 12.5 Å². The number of nitrogens with one attached hydrogen (secondary N) is 1. The van der Waals surface area contributed by atoms with E-state index in [0.29, 0.717) is 19.7 Å². The van der Waals surface area contributed by atoms with E-state index in [9.17, 15) is 9.90 Å². The highest BCUT2D eigenvalue weighted by Crippen LogP contribution is 1.90. The number of aliphatic hydroxyl groups excluding tert-OH is 1. The molecule has 6 heteroatoms. The van der Waals surface area contributed by atoms with Crippen molar-refractivity contribution in [3.8, 4) is 0 Å². The number of hydrogen-bond donors (Lipinski definition) is 2. The topological polar surface area (TPSA) is 71.0 Å². The lowest BCUT2D eigenvalue weighted by atomic mass is 10.3. The van der Waals surface area contributed by atoms with Crippen LogP contribution in [0.1, 0.15) is 6.42 Å². The molecular weight excluding hydrogens is 224 g/mol. The molecular formula is C11H24N2O4. The van der Waals surface area contributed by atoms with Crippen LogP contribution in [0.5, 0.6) is 0 Å². The maximum atomic E-state index is 11.4. The summed E-state index contributed by atoms with van der Waals surface area (Å²) in [5, 5.41) is 12.2. The molecule has 0 aliphatic rings.